The zero-order valence-corrected chi connectivity index (χ0v) is 10.2. The highest BCUT2D eigenvalue weighted by atomic mass is 32.2. The van der Waals surface area contributed by atoms with E-state index in [1.807, 2.05) is 19.4 Å². The molecule has 0 amide bonds. The molecule has 0 fully saturated rings. The van der Waals surface area contributed by atoms with Crippen molar-refractivity contribution in [3.63, 3.8) is 0 Å². The van der Waals surface area contributed by atoms with Crippen LogP contribution in [0.3, 0.4) is 0 Å². The Bertz CT molecular complexity index is 260. The van der Waals surface area contributed by atoms with Crippen LogP contribution in [0.15, 0.2) is 4.99 Å². The molecular formula is C8H15N3OS2. The molecule has 1 N–H and O–H groups in total. The quantitative estimate of drug-likeness (QED) is 0.339. The lowest BCUT2D eigenvalue weighted by Crippen LogP contribution is -2.17. The minimum atomic E-state index is -0.768. The zero-order chi connectivity index (χ0) is 11.0. The van der Waals surface area contributed by atoms with Crippen LogP contribution in [-0.4, -0.2) is 33.7 Å². The highest BCUT2D eigenvalue weighted by Crippen LogP contribution is 2.03. The predicted octanol–water partition coefficient (Wildman–Crippen LogP) is 0.933. The first kappa shape index (κ1) is 13.5. The fourth-order valence-electron chi connectivity index (χ4n) is 0.785. The molecule has 0 rings (SSSR count). The van der Waals surface area contributed by atoms with Gasteiger partial charge in [-0.1, -0.05) is 11.8 Å². The number of hydrogen-bond acceptors (Lipinski definition) is 4. The van der Waals surface area contributed by atoms with E-state index in [1.54, 1.807) is 6.26 Å². The summed E-state index contributed by atoms with van der Waals surface area (Å²) in [5.74, 6) is 0.652. The van der Waals surface area contributed by atoms with E-state index in [2.05, 4.69) is 10.3 Å². The summed E-state index contributed by atoms with van der Waals surface area (Å²) in [4.78, 5) is 4.27. The van der Waals surface area contributed by atoms with E-state index in [9.17, 15) is 4.21 Å². The van der Waals surface area contributed by atoms with E-state index in [-0.39, 0.29) is 6.04 Å². The van der Waals surface area contributed by atoms with E-state index in [1.165, 1.54) is 11.8 Å². The molecular weight excluding hydrogens is 218 g/mol. The molecule has 0 heterocycles. The molecule has 0 aliphatic rings. The summed E-state index contributed by atoms with van der Waals surface area (Å²) in [5.41, 5.74) is 0. The monoisotopic (exact) mass is 233 g/mol. The van der Waals surface area contributed by atoms with Gasteiger partial charge in [-0.25, -0.2) is 0 Å². The van der Waals surface area contributed by atoms with Gasteiger partial charge in [-0.3, -0.25) is 14.5 Å². The molecule has 0 aliphatic heterocycles. The van der Waals surface area contributed by atoms with Gasteiger partial charge in [0.15, 0.2) is 11.4 Å². The SMILES string of the molecule is CSC(=NC(C)CCS(C)=O)NC#N. The predicted molar refractivity (Wildman–Crippen MR) is 62.7 cm³/mol. The summed E-state index contributed by atoms with van der Waals surface area (Å²) in [6, 6.07) is 0.0993. The van der Waals surface area contributed by atoms with Crippen molar-refractivity contribution in [1.82, 2.24) is 5.32 Å². The Morgan fingerprint density at radius 1 is 1.79 bits per heavy atom. The third kappa shape index (κ3) is 6.92. The molecule has 0 radical (unpaired) electrons. The number of rotatable bonds is 4. The summed E-state index contributed by atoms with van der Waals surface area (Å²) in [6.45, 7) is 1.95. The number of nitriles is 1. The first-order chi connectivity index (χ1) is 6.60. The highest BCUT2D eigenvalue weighted by molar-refractivity contribution is 8.13. The lowest BCUT2D eigenvalue weighted by atomic mass is 10.3. The smallest absolute Gasteiger partial charge is 0.183 e. The molecule has 0 bridgehead atoms. The second kappa shape index (κ2) is 7.83. The first-order valence-electron chi connectivity index (χ1n) is 4.17. The van der Waals surface area contributed by atoms with Gasteiger partial charge in [0.25, 0.3) is 0 Å². The standard InChI is InChI=1S/C8H15N3OS2/c1-7(4-5-14(3)12)11-8(13-2)10-6-9/h7H,4-5H2,1-3H3,(H,10,11). The van der Waals surface area contributed by atoms with Crippen LogP contribution in [-0.2, 0) is 10.8 Å². The van der Waals surface area contributed by atoms with Crippen molar-refractivity contribution in [3.05, 3.63) is 0 Å². The summed E-state index contributed by atoms with van der Waals surface area (Å²) < 4.78 is 10.8. The van der Waals surface area contributed by atoms with Gasteiger partial charge in [0.1, 0.15) is 0 Å². The van der Waals surface area contributed by atoms with Crippen molar-refractivity contribution in [2.45, 2.75) is 19.4 Å². The lowest BCUT2D eigenvalue weighted by Gasteiger charge is -2.06. The summed E-state index contributed by atoms with van der Waals surface area (Å²) >= 11 is 1.40. The van der Waals surface area contributed by atoms with Crippen LogP contribution >= 0.6 is 11.8 Å². The van der Waals surface area contributed by atoms with Crippen LogP contribution in [0.4, 0.5) is 0 Å². The largest absolute Gasteiger partial charge is 0.272 e. The van der Waals surface area contributed by atoms with E-state index in [4.69, 9.17) is 5.26 Å². The van der Waals surface area contributed by atoms with Crippen LogP contribution in [0.1, 0.15) is 13.3 Å². The van der Waals surface area contributed by atoms with E-state index >= 15 is 0 Å². The van der Waals surface area contributed by atoms with Crippen LogP contribution in [0.25, 0.3) is 0 Å². The van der Waals surface area contributed by atoms with E-state index in [0.29, 0.717) is 10.9 Å². The van der Waals surface area contributed by atoms with Crippen LogP contribution in [0, 0.1) is 11.5 Å². The minimum Gasteiger partial charge on any atom is -0.272 e. The minimum absolute atomic E-state index is 0.0993. The maximum absolute atomic E-state index is 10.8. The summed E-state index contributed by atoms with van der Waals surface area (Å²) in [7, 11) is -0.768. The molecule has 0 saturated heterocycles. The van der Waals surface area contributed by atoms with Crippen molar-refractivity contribution in [3.8, 4) is 6.19 Å². The molecule has 4 nitrogen and oxygen atoms in total. The topological polar surface area (TPSA) is 65.2 Å². The van der Waals surface area contributed by atoms with Crippen molar-refractivity contribution < 1.29 is 4.21 Å². The van der Waals surface area contributed by atoms with Crippen LogP contribution in [0.5, 0.6) is 0 Å². The third-order valence-corrected chi connectivity index (χ3v) is 2.92. The van der Waals surface area contributed by atoms with Gasteiger partial charge in [0.2, 0.25) is 0 Å². The lowest BCUT2D eigenvalue weighted by molar-refractivity contribution is 0.672. The number of aliphatic imine (C=N–C) groups is 1. The number of amidine groups is 1. The molecule has 0 aromatic rings. The first-order valence-corrected chi connectivity index (χ1v) is 7.12. The maximum atomic E-state index is 10.8. The molecule has 0 aromatic carbocycles. The average Bonchev–Trinajstić information content (AvgIpc) is 2.14. The van der Waals surface area contributed by atoms with Gasteiger partial charge in [-0.2, -0.15) is 5.26 Å². The zero-order valence-electron chi connectivity index (χ0n) is 8.61. The molecule has 2 unspecified atom stereocenters. The molecule has 0 aliphatic carbocycles. The molecule has 6 heteroatoms. The Hall–Kier alpha value is -0.540. The maximum Gasteiger partial charge on any atom is 0.183 e. The van der Waals surface area contributed by atoms with Crippen LogP contribution in [0.2, 0.25) is 0 Å². The van der Waals surface area contributed by atoms with Crippen LogP contribution < -0.4 is 5.32 Å². The van der Waals surface area contributed by atoms with E-state index < -0.39 is 10.8 Å². The fourth-order valence-corrected chi connectivity index (χ4v) is 1.89. The molecule has 0 aromatic heterocycles. The van der Waals surface area contributed by atoms with Crippen molar-refractivity contribution in [2.75, 3.05) is 18.3 Å². The van der Waals surface area contributed by atoms with Gasteiger partial charge in [0, 0.05) is 22.8 Å². The van der Waals surface area contributed by atoms with Gasteiger partial charge in [-0.05, 0) is 19.6 Å². The second-order valence-corrected chi connectivity index (χ2v) is 5.14. The molecule has 0 spiro atoms. The Labute approximate surface area is 91.6 Å². The van der Waals surface area contributed by atoms with E-state index in [0.717, 1.165) is 6.42 Å². The number of thioether (sulfide) groups is 1. The third-order valence-electron chi connectivity index (χ3n) is 1.52. The van der Waals surface area contributed by atoms with Gasteiger partial charge >= 0.3 is 0 Å². The average molecular weight is 233 g/mol. The molecule has 80 valence electrons. The Balaban J connectivity index is 4.04. The summed E-state index contributed by atoms with van der Waals surface area (Å²) in [5, 5.41) is 11.5. The number of nitrogens with zero attached hydrogens (tertiary/aromatic N) is 2. The molecule has 0 saturated carbocycles. The molecule has 2 atom stereocenters. The number of nitrogens with one attached hydrogen (secondary N) is 1. The van der Waals surface area contributed by atoms with Gasteiger partial charge in [0.05, 0.1) is 6.04 Å². The normalized spacial score (nSPS) is 15.7. The van der Waals surface area contributed by atoms with Crippen molar-refractivity contribution in [2.24, 2.45) is 4.99 Å². The summed E-state index contributed by atoms with van der Waals surface area (Å²) in [6.07, 6.45) is 6.14. The van der Waals surface area contributed by atoms with Crippen molar-refractivity contribution in [1.29, 1.82) is 5.26 Å². The Morgan fingerprint density at radius 2 is 2.43 bits per heavy atom. The Kier molecular flexibility index (Phi) is 7.52. The fraction of sp³-hybridized carbons (Fsp3) is 0.750. The second-order valence-electron chi connectivity index (χ2n) is 2.79. The number of hydrogen-bond donors (Lipinski definition) is 1. The Morgan fingerprint density at radius 3 is 2.86 bits per heavy atom. The highest BCUT2D eigenvalue weighted by Gasteiger charge is 2.03. The molecule has 14 heavy (non-hydrogen) atoms. The van der Waals surface area contributed by atoms with Gasteiger partial charge < -0.3 is 0 Å². The van der Waals surface area contributed by atoms with Crippen molar-refractivity contribution >= 4 is 27.7 Å². The van der Waals surface area contributed by atoms with Gasteiger partial charge in [-0.15, -0.1) is 0 Å².